The maximum Gasteiger partial charge on any atom is 0.271 e. The molecule has 34 heavy (non-hydrogen) atoms. The first kappa shape index (κ1) is 25.1. The van der Waals surface area contributed by atoms with Gasteiger partial charge in [-0.1, -0.05) is 27.7 Å². The monoisotopic (exact) mass is 469 g/mol. The maximum atomic E-state index is 12.3. The van der Waals surface area contributed by atoms with E-state index in [1.54, 1.807) is 28.0 Å². The lowest BCUT2D eigenvalue weighted by molar-refractivity contribution is -0.385. The molecule has 0 aliphatic carbocycles. The molecule has 10 heteroatoms. The fourth-order valence-corrected chi connectivity index (χ4v) is 4.37. The maximum absolute atomic E-state index is 12.3. The molecule has 0 saturated carbocycles. The van der Waals surface area contributed by atoms with Crippen molar-refractivity contribution in [2.75, 3.05) is 43.9 Å². The number of fused-ring (bicyclic) bond motifs is 2. The first-order valence-corrected chi connectivity index (χ1v) is 11.0. The average Bonchev–Trinajstić information content (AvgIpc) is 3.20. The third-order valence-electron chi connectivity index (χ3n) is 6.18. The van der Waals surface area contributed by atoms with E-state index in [1.165, 1.54) is 12.1 Å². The van der Waals surface area contributed by atoms with Crippen LogP contribution in [0.5, 0.6) is 0 Å². The Bertz CT molecular complexity index is 1140. The van der Waals surface area contributed by atoms with E-state index in [0.29, 0.717) is 12.2 Å². The number of nitro groups is 2. The molecule has 4 rings (SSSR count). The molecule has 1 N–H and O–H groups in total. The van der Waals surface area contributed by atoms with Crippen molar-refractivity contribution in [1.29, 1.82) is 0 Å². The van der Waals surface area contributed by atoms with Gasteiger partial charge in [-0.2, -0.15) is 0 Å². The molecule has 2 aromatic rings. The van der Waals surface area contributed by atoms with E-state index in [-0.39, 0.29) is 39.6 Å². The summed E-state index contributed by atoms with van der Waals surface area (Å²) in [7, 11) is 3.65. The van der Waals surface area contributed by atoms with Gasteiger partial charge in [0.15, 0.2) is 0 Å². The van der Waals surface area contributed by atoms with Crippen LogP contribution in [0.25, 0.3) is 0 Å². The number of likely N-dealkylation sites (N-methyl/N-ethyl adjacent to an activating group) is 1. The van der Waals surface area contributed by atoms with Gasteiger partial charge in [-0.3, -0.25) is 25.0 Å². The Morgan fingerprint density at radius 1 is 0.971 bits per heavy atom. The lowest BCUT2D eigenvalue weighted by atomic mass is 9.87. The largest absolute Gasteiger partial charge is 0.384 e. The number of benzene rings is 2. The summed E-state index contributed by atoms with van der Waals surface area (Å²) in [5.41, 5.74) is 3.74. The number of amides is 1. The minimum atomic E-state index is -0.430. The van der Waals surface area contributed by atoms with E-state index in [9.17, 15) is 25.0 Å². The molecule has 2 aliphatic rings. The molecule has 10 nitrogen and oxygen atoms in total. The predicted molar refractivity (Wildman–Crippen MR) is 132 cm³/mol. The highest BCUT2D eigenvalue weighted by molar-refractivity contribution is 5.98. The van der Waals surface area contributed by atoms with E-state index in [1.807, 2.05) is 34.0 Å². The smallest absolute Gasteiger partial charge is 0.271 e. The van der Waals surface area contributed by atoms with E-state index >= 15 is 0 Å². The molecule has 0 atom stereocenters. The Balaban J connectivity index is 0.000000202. The fourth-order valence-electron chi connectivity index (χ4n) is 4.37. The highest BCUT2D eigenvalue weighted by atomic mass is 16.6. The van der Waals surface area contributed by atoms with Gasteiger partial charge < -0.3 is 15.1 Å². The molecule has 182 valence electrons. The zero-order chi connectivity index (χ0) is 25.4. The number of hydrogen-bond acceptors (Lipinski definition) is 7. The normalized spacial score (nSPS) is 16.7. The summed E-state index contributed by atoms with van der Waals surface area (Å²) in [5.74, 6) is -0.0395. The number of anilines is 2. The Morgan fingerprint density at radius 3 is 2.09 bits per heavy atom. The zero-order valence-electron chi connectivity index (χ0n) is 20.4. The molecule has 0 fully saturated rings. The van der Waals surface area contributed by atoms with Crippen molar-refractivity contribution in [3.8, 4) is 0 Å². The van der Waals surface area contributed by atoms with Gasteiger partial charge in [0, 0.05) is 53.9 Å². The lowest BCUT2D eigenvalue weighted by Gasteiger charge is -2.22. The van der Waals surface area contributed by atoms with Crippen LogP contribution in [0.15, 0.2) is 36.4 Å². The zero-order valence-corrected chi connectivity index (χ0v) is 20.4. The van der Waals surface area contributed by atoms with Crippen molar-refractivity contribution in [3.63, 3.8) is 0 Å². The van der Waals surface area contributed by atoms with Gasteiger partial charge in [0.2, 0.25) is 5.91 Å². The van der Waals surface area contributed by atoms with Crippen LogP contribution in [0.2, 0.25) is 0 Å². The van der Waals surface area contributed by atoms with Crippen LogP contribution in [0.1, 0.15) is 38.8 Å². The standard InChI is InChI=1S/C14H19N3O3.C10H12N2O2/c1-14(2)9-16(13(18)8-15(3)4)12-7-10(17(19)20)5-6-11(12)14;1-10(2)6-11-9-5-7(12(13)14)3-4-8(9)10/h5-7H,8-9H2,1-4H3;3-5,11H,6H2,1-2H3. The minimum absolute atomic E-state index is 0.0177. The van der Waals surface area contributed by atoms with Gasteiger partial charge in [0.1, 0.15) is 0 Å². The number of nitrogens with zero attached hydrogens (tertiary/aromatic N) is 4. The van der Waals surface area contributed by atoms with Crippen LogP contribution in [0.3, 0.4) is 0 Å². The predicted octanol–water partition coefficient (Wildman–Crippen LogP) is 4.08. The Morgan fingerprint density at radius 2 is 1.53 bits per heavy atom. The summed E-state index contributed by atoms with van der Waals surface area (Å²) >= 11 is 0. The summed E-state index contributed by atoms with van der Waals surface area (Å²) < 4.78 is 0. The van der Waals surface area contributed by atoms with E-state index < -0.39 is 4.92 Å². The van der Waals surface area contributed by atoms with Crippen LogP contribution >= 0.6 is 0 Å². The second kappa shape index (κ2) is 9.02. The molecule has 0 saturated heterocycles. The SMILES string of the molecule is CC1(C)CNc2cc([N+](=O)[O-])ccc21.CN(C)CC(=O)N1CC(C)(C)c2ccc([N+](=O)[O-])cc21. The minimum Gasteiger partial charge on any atom is -0.384 e. The molecule has 0 unspecified atom stereocenters. The van der Waals surface area contributed by atoms with Gasteiger partial charge in [-0.25, -0.2) is 0 Å². The summed E-state index contributed by atoms with van der Waals surface area (Å²) in [6.07, 6.45) is 0. The quantitative estimate of drug-likeness (QED) is 0.529. The fraction of sp³-hybridized carbons (Fsp3) is 0.458. The van der Waals surface area contributed by atoms with Crippen molar-refractivity contribution in [3.05, 3.63) is 67.8 Å². The molecule has 0 radical (unpaired) electrons. The second-order valence-electron chi connectivity index (χ2n) is 10.3. The number of nitro benzene ring substituents is 2. The van der Waals surface area contributed by atoms with Gasteiger partial charge >= 0.3 is 0 Å². The summed E-state index contributed by atoms with van der Waals surface area (Å²) in [6, 6.07) is 9.76. The number of nitrogens with one attached hydrogen (secondary N) is 1. The summed E-state index contributed by atoms with van der Waals surface area (Å²) in [6.45, 7) is 10.0. The average molecular weight is 470 g/mol. The van der Waals surface area contributed by atoms with Crippen LogP contribution in [-0.2, 0) is 15.6 Å². The molecule has 0 spiro atoms. The van der Waals surface area contributed by atoms with Crippen LogP contribution in [0, 0.1) is 20.2 Å². The lowest BCUT2D eigenvalue weighted by Crippen LogP contribution is -2.39. The number of carbonyl (C=O) groups is 1. The van der Waals surface area contributed by atoms with Crippen LogP contribution in [-0.4, -0.2) is 54.4 Å². The number of rotatable bonds is 4. The molecule has 2 heterocycles. The van der Waals surface area contributed by atoms with Crippen molar-refractivity contribution < 1.29 is 14.6 Å². The van der Waals surface area contributed by atoms with Crippen molar-refractivity contribution in [2.45, 2.75) is 38.5 Å². The Kier molecular flexibility index (Phi) is 6.66. The van der Waals surface area contributed by atoms with Crippen molar-refractivity contribution in [2.24, 2.45) is 0 Å². The van der Waals surface area contributed by atoms with Crippen molar-refractivity contribution in [1.82, 2.24) is 4.90 Å². The molecule has 2 aromatic carbocycles. The van der Waals surface area contributed by atoms with Gasteiger partial charge in [0.25, 0.3) is 11.4 Å². The molecule has 2 aliphatic heterocycles. The molecule has 1 amide bonds. The van der Waals surface area contributed by atoms with Crippen LogP contribution < -0.4 is 10.2 Å². The Labute approximate surface area is 198 Å². The van der Waals surface area contributed by atoms with Gasteiger partial charge in [-0.15, -0.1) is 0 Å². The van der Waals surface area contributed by atoms with Gasteiger partial charge in [0.05, 0.1) is 22.1 Å². The first-order chi connectivity index (χ1) is 15.7. The highest BCUT2D eigenvalue weighted by Crippen LogP contribution is 2.42. The van der Waals surface area contributed by atoms with E-state index in [0.717, 1.165) is 23.4 Å². The Hall–Kier alpha value is -3.53. The van der Waals surface area contributed by atoms with E-state index in [4.69, 9.17) is 0 Å². The van der Waals surface area contributed by atoms with Gasteiger partial charge in [-0.05, 0) is 37.4 Å². The van der Waals surface area contributed by atoms with Crippen LogP contribution in [0.4, 0.5) is 22.7 Å². The third-order valence-corrected chi connectivity index (χ3v) is 6.18. The first-order valence-electron chi connectivity index (χ1n) is 11.0. The summed E-state index contributed by atoms with van der Waals surface area (Å²) in [4.78, 5) is 36.4. The van der Waals surface area contributed by atoms with Crippen molar-refractivity contribution >= 4 is 28.7 Å². The third kappa shape index (κ3) is 5.01. The second-order valence-corrected chi connectivity index (χ2v) is 10.3. The summed E-state index contributed by atoms with van der Waals surface area (Å²) in [5, 5.41) is 24.6. The molecule has 0 aromatic heterocycles. The topological polar surface area (TPSA) is 122 Å². The number of carbonyl (C=O) groups excluding carboxylic acids is 1. The molecule has 0 bridgehead atoms. The number of hydrogen-bond donors (Lipinski definition) is 1. The number of non-ortho nitro benzene ring substituents is 2. The van der Waals surface area contributed by atoms with E-state index in [2.05, 4.69) is 19.2 Å². The highest BCUT2D eigenvalue weighted by Gasteiger charge is 2.39. The molecular weight excluding hydrogens is 438 g/mol. The molecular formula is C24H31N5O5.